The first kappa shape index (κ1) is 17.3. The van der Waals surface area contributed by atoms with Crippen molar-refractivity contribution >= 4 is 5.91 Å². The summed E-state index contributed by atoms with van der Waals surface area (Å²) in [6.07, 6.45) is 13.0. The fraction of sp³-hybridized carbons (Fsp3) is 0.731. The van der Waals surface area contributed by atoms with Gasteiger partial charge in [0.15, 0.2) is 0 Å². The summed E-state index contributed by atoms with van der Waals surface area (Å²) in [7, 11) is 0. The predicted molar refractivity (Wildman–Crippen MR) is 114 cm³/mol. The number of hydrogen-bond acceptors (Lipinski definition) is 2. The van der Waals surface area contributed by atoms with Gasteiger partial charge in [0, 0.05) is 19.0 Å². The zero-order valence-electron chi connectivity index (χ0n) is 17.6. The highest BCUT2D eigenvalue weighted by molar-refractivity contribution is 5.78. The lowest BCUT2D eigenvalue weighted by atomic mass is 9.61. The number of likely N-dealkylation sites (tertiary alicyclic amines) is 2. The van der Waals surface area contributed by atoms with Crippen LogP contribution in [0.25, 0.3) is 0 Å². The van der Waals surface area contributed by atoms with Gasteiger partial charge in [-0.3, -0.25) is 4.79 Å². The highest BCUT2D eigenvalue weighted by atomic mass is 16.2. The molecule has 7 rings (SSSR count). The molecule has 5 fully saturated rings. The first-order valence-electron chi connectivity index (χ1n) is 12.3. The van der Waals surface area contributed by atoms with Crippen molar-refractivity contribution in [1.29, 1.82) is 0 Å². The molecule has 29 heavy (non-hydrogen) atoms. The van der Waals surface area contributed by atoms with Gasteiger partial charge in [-0.15, -0.1) is 0 Å². The van der Waals surface area contributed by atoms with Crippen molar-refractivity contribution in [2.24, 2.45) is 17.3 Å². The van der Waals surface area contributed by atoms with Gasteiger partial charge in [-0.1, -0.05) is 24.3 Å². The fourth-order valence-corrected chi connectivity index (χ4v) is 8.74. The van der Waals surface area contributed by atoms with Crippen molar-refractivity contribution in [2.45, 2.75) is 81.7 Å². The van der Waals surface area contributed by atoms with Gasteiger partial charge >= 0.3 is 0 Å². The summed E-state index contributed by atoms with van der Waals surface area (Å²) in [5, 5.41) is 0. The minimum atomic E-state index is 0.335. The number of rotatable bonds is 2. The van der Waals surface area contributed by atoms with Crippen molar-refractivity contribution in [1.82, 2.24) is 9.80 Å². The molecular weight excluding hydrogens is 356 g/mol. The van der Waals surface area contributed by atoms with Crippen LogP contribution in [0, 0.1) is 17.3 Å². The molecule has 2 saturated heterocycles. The predicted octanol–water partition coefficient (Wildman–Crippen LogP) is 4.67. The van der Waals surface area contributed by atoms with E-state index < -0.39 is 0 Å². The highest BCUT2D eigenvalue weighted by Crippen LogP contribution is 2.76. The molecule has 6 aliphatic rings. The second-order valence-corrected chi connectivity index (χ2v) is 11.2. The molecule has 1 aromatic carbocycles. The van der Waals surface area contributed by atoms with E-state index in [2.05, 4.69) is 34.1 Å². The molecule has 1 aromatic rings. The first-order valence-corrected chi connectivity index (χ1v) is 12.3. The zero-order chi connectivity index (χ0) is 19.2. The van der Waals surface area contributed by atoms with E-state index in [1.165, 1.54) is 63.6 Å². The number of piperidine rings is 1. The van der Waals surface area contributed by atoms with Crippen LogP contribution in [0.2, 0.25) is 0 Å². The quantitative estimate of drug-likeness (QED) is 0.733. The zero-order valence-corrected chi connectivity index (χ0v) is 17.6. The van der Waals surface area contributed by atoms with Gasteiger partial charge in [0.2, 0.25) is 5.91 Å². The van der Waals surface area contributed by atoms with Gasteiger partial charge in [0.05, 0.1) is 6.04 Å². The summed E-state index contributed by atoms with van der Waals surface area (Å²) in [6, 6.07) is 10.4. The van der Waals surface area contributed by atoms with Crippen molar-refractivity contribution in [2.75, 3.05) is 19.6 Å². The summed E-state index contributed by atoms with van der Waals surface area (Å²) in [4.78, 5) is 17.5. The Balaban J connectivity index is 1.12. The SMILES string of the molecule is O=C1CCCN1[C@H]1CCC2(CCN([C@@H]3CC45C[C@H]4CC[C@@H]35)CC2)c2ccccc21. The lowest BCUT2D eigenvalue weighted by Gasteiger charge is -2.55. The largest absolute Gasteiger partial charge is 0.336 e. The molecule has 3 heteroatoms. The molecule has 0 aromatic heterocycles. The van der Waals surface area contributed by atoms with Gasteiger partial charge in [0.25, 0.3) is 0 Å². The van der Waals surface area contributed by atoms with Crippen LogP contribution in [-0.2, 0) is 10.2 Å². The minimum absolute atomic E-state index is 0.335. The van der Waals surface area contributed by atoms with Crippen LogP contribution < -0.4 is 0 Å². The van der Waals surface area contributed by atoms with Gasteiger partial charge in [0.1, 0.15) is 0 Å². The van der Waals surface area contributed by atoms with Gasteiger partial charge in [-0.05, 0) is 105 Å². The van der Waals surface area contributed by atoms with E-state index in [0.717, 1.165) is 42.7 Å². The van der Waals surface area contributed by atoms with E-state index in [4.69, 9.17) is 0 Å². The smallest absolute Gasteiger partial charge is 0.223 e. The maximum Gasteiger partial charge on any atom is 0.223 e. The monoisotopic (exact) mass is 390 g/mol. The van der Waals surface area contributed by atoms with Crippen molar-refractivity contribution in [3.63, 3.8) is 0 Å². The van der Waals surface area contributed by atoms with Crippen molar-refractivity contribution < 1.29 is 4.79 Å². The Morgan fingerprint density at radius 3 is 2.55 bits per heavy atom. The van der Waals surface area contributed by atoms with Gasteiger partial charge in [-0.2, -0.15) is 0 Å². The van der Waals surface area contributed by atoms with E-state index in [1.807, 2.05) is 0 Å². The molecule has 2 spiro atoms. The van der Waals surface area contributed by atoms with E-state index >= 15 is 0 Å². The molecule has 0 radical (unpaired) electrons. The Kier molecular flexibility index (Phi) is 3.51. The Morgan fingerprint density at radius 1 is 0.931 bits per heavy atom. The summed E-state index contributed by atoms with van der Waals surface area (Å²) in [5.41, 5.74) is 4.27. The average molecular weight is 391 g/mol. The third kappa shape index (κ3) is 2.26. The van der Waals surface area contributed by atoms with Crippen LogP contribution in [0.3, 0.4) is 0 Å². The lowest BCUT2D eigenvalue weighted by Crippen LogP contribution is -2.57. The number of hydrogen-bond donors (Lipinski definition) is 0. The Morgan fingerprint density at radius 2 is 1.79 bits per heavy atom. The second-order valence-electron chi connectivity index (χ2n) is 11.2. The van der Waals surface area contributed by atoms with Crippen molar-refractivity contribution in [3.05, 3.63) is 35.4 Å². The van der Waals surface area contributed by atoms with E-state index in [1.54, 1.807) is 12.0 Å². The standard InChI is InChI=1S/C26H34N2O/c29-24-6-3-13-28(24)22-9-10-25(20-5-2-1-4-19(20)22)11-14-27(15-12-25)23-17-26-16-18(26)7-8-21(23)26/h1-2,4-5,18,21-23H,3,6-17H2/t18-,21+,22+,23-,26?/m1/s1. The molecule has 3 nitrogen and oxygen atoms in total. The molecule has 0 N–H and O–H groups in total. The number of carbonyl (C=O) groups excluding carboxylic acids is 1. The molecule has 1 unspecified atom stereocenters. The Hall–Kier alpha value is -1.35. The summed E-state index contributed by atoms with van der Waals surface area (Å²) in [5.74, 6) is 2.55. The Labute approximate surface area is 174 Å². The van der Waals surface area contributed by atoms with E-state index in [0.29, 0.717) is 17.4 Å². The maximum atomic E-state index is 12.4. The number of nitrogens with zero attached hydrogens (tertiary/aromatic N) is 2. The van der Waals surface area contributed by atoms with E-state index in [-0.39, 0.29) is 0 Å². The summed E-state index contributed by atoms with van der Waals surface area (Å²) < 4.78 is 0. The number of fused-ring (bicyclic) bond motifs is 2. The first-order chi connectivity index (χ1) is 14.2. The van der Waals surface area contributed by atoms with Crippen LogP contribution >= 0.6 is 0 Å². The molecule has 2 aliphatic heterocycles. The molecule has 3 saturated carbocycles. The van der Waals surface area contributed by atoms with Gasteiger partial charge in [-0.25, -0.2) is 0 Å². The topological polar surface area (TPSA) is 23.6 Å². The third-order valence-electron chi connectivity index (χ3n) is 10.4. The molecule has 154 valence electrons. The van der Waals surface area contributed by atoms with Crippen molar-refractivity contribution in [3.8, 4) is 0 Å². The van der Waals surface area contributed by atoms with Crippen LogP contribution in [0.4, 0.5) is 0 Å². The van der Waals surface area contributed by atoms with Crippen LogP contribution in [0.5, 0.6) is 0 Å². The molecule has 1 amide bonds. The van der Waals surface area contributed by atoms with Gasteiger partial charge < -0.3 is 9.80 Å². The summed E-state index contributed by atoms with van der Waals surface area (Å²) >= 11 is 0. The lowest BCUT2D eigenvalue weighted by molar-refractivity contribution is -0.130. The van der Waals surface area contributed by atoms with Crippen LogP contribution in [0.1, 0.15) is 81.4 Å². The number of amides is 1. The maximum absolute atomic E-state index is 12.4. The Bertz CT molecular complexity index is 854. The molecular formula is C26H34N2O. The number of benzene rings is 1. The third-order valence-corrected chi connectivity index (χ3v) is 10.4. The normalized spacial score (nSPS) is 42.3. The minimum Gasteiger partial charge on any atom is -0.336 e. The van der Waals surface area contributed by atoms with E-state index in [9.17, 15) is 4.79 Å². The summed E-state index contributed by atoms with van der Waals surface area (Å²) in [6.45, 7) is 3.55. The molecule has 2 heterocycles. The molecule has 0 bridgehead atoms. The average Bonchev–Trinajstić information content (AvgIpc) is 3.23. The second kappa shape index (κ2) is 5.87. The molecule has 5 atom stereocenters. The highest BCUT2D eigenvalue weighted by Gasteiger charge is 2.71. The number of carbonyl (C=O) groups is 1. The van der Waals surface area contributed by atoms with Crippen LogP contribution in [0.15, 0.2) is 24.3 Å². The molecule has 4 aliphatic carbocycles. The fourth-order valence-electron chi connectivity index (χ4n) is 8.74. The van der Waals surface area contributed by atoms with Crippen LogP contribution in [-0.4, -0.2) is 41.4 Å².